The third-order valence-corrected chi connectivity index (χ3v) is 3.06. The second kappa shape index (κ2) is 3.84. The molecule has 0 unspecified atom stereocenters. The minimum atomic E-state index is -0.550. The molecule has 1 N–H and O–H groups in total. The normalized spacial score (nSPS) is 13.3. The summed E-state index contributed by atoms with van der Waals surface area (Å²) in [6, 6.07) is 9.45. The van der Waals surface area contributed by atoms with Gasteiger partial charge in [0.1, 0.15) is 11.6 Å². The summed E-state index contributed by atoms with van der Waals surface area (Å²) in [6.45, 7) is 0.921. The zero-order valence-electron chi connectivity index (χ0n) is 9.13. The summed E-state index contributed by atoms with van der Waals surface area (Å²) in [4.78, 5) is 0. The van der Waals surface area contributed by atoms with Gasteiger partial charge < -0.3 is 5.32 Å². The molecule has 0 fully saturated rings. The maximum atomic E-state index is 13.6. The van der Waals surface area contributed by atoms with Gasteiger partial charge in [-0.2, -0.15) is 0 Å². The Labute approximate surface area is 98.1 Å². The standard InChI is InChI=1S/C14H11F2N/c15-11-3-4-12(13(16)8-11)10-2-1-9-5-6-17-14(9)7-10/h1-4,7-8,17H,5-6H2. The lowest BCUT2D eigenvalue weighted by molar-refractivity contribution is 0.585. The van der Waals surface area contributed by atoms with Gasteiger partial charge in [-0.1, -0.05) is 12.1 Å². The molecule has 0 bridgehead atoms. The third-order valence-electron chi connectivity index (χ3n) is 3.06. The van der Waals surface area contributed by atoms with E-state index < -0.39 is 11.6 Å². The number of anilines is 1. The van der Waals surface area contributed by atoms with Gasteiger partial charge >= 0.3 is 0 Å². The number of hydrogen-bond acceptors (Lipinski definition) is 1. The summed E-state index contributed by atoms with van der Waals surface area (Å²) < 4.78 is 26.5. The fourth-order valence-electron chi connectivity index (χ4n) is 2.18. The average Bonchev–Trinajstić information content (AvgIpc) is 2.75. The lowest BCUT2D eigenvalue weighted by Crippen LogP contribution is -1.91. The molecule has 0 aliphatic carbocycles. The highest BCUT2D eigenvalue weighted by atomic mass is 19.1. The molecule has 1 aliphatic rings. The monoisotopic (exact) mass is 231 g/mol. The van der Waals surface area contributed by atoms with Crippen molar-refractivity contribution in [3.05, 3.63) is 53.6 Å². The molecule has 3 heteroatoms. The van der Waals surface area contributed by atoms with E-state index in [9.17, 15) is 8.78 Å². The van der Waals surface area contributed by atoms with Crippen LogP contribution in [-0.2, 0) is 6.42 Å². The predicted octanol–water partition coefficient (Wildman–Crippen LogP) is 3.60. The molecule has 2 aromatic rings. The number of fused-ring (bicyclic) bond motifs is 1. The molecule has 86 valence electrons. The molecule has 1 heterocycles. The molecule has 0 atom stereocenters. The van der Waals surface area contributed by atoms with Crippen LogP contribution >= 0.6 is 0 Å². The predicted molar refractivity (Wildman–Crippen MR) is 64.0 cm³/mol. The maximum absolute atomic E-state index is 13.6. The van der Waals surface area contributed by atoms with Crippen LogP contribution in [0.2, 0.25) is 0 Å². The van der Waals surface area contributed by atoms with Gasteiger partial charge in [0.05, 0.1) is 0 Å². The highest BCUT2D eigenvalue weighted by Crippen LogP contribution is 2.30. The lowest BCUT2D eigenvalue weighted by Gasteiger charge is -2.06. The van der Waals surface area contributed by atoms with Gasteiger partial charge in [-0.3, -0.25) is 0 Å². The van der Waals surface area contributed by atoms with Gasteiger partial charge in [-0.05, 0) is 35.7 Å². The molecule has 2 aromatic carbocycles. The smallest absolute Gasteiger partial charge is 0.133 e. The molecule has 1 aliphatic heterocycles. The van der Waals surface area contributed by atoms with E-state index in [0.29, 0.717) is 5.56 Å². The summed E-state index contributed by atoms with van der Waals surface area (Å²) in [7, 11) is 0. The van der Waals surface area contributed by atoms with Crippen LogP contribution in [0.15, 0.2) is 36.4 Å². The van der Waals surface area contributed by atoms with Gasteiger partial charge in [0.25, 0.3) is 0 Å². The van der Waals surface area contributed by atoms with Gasteiger partial charge in [0.15, 0.2) is 0 Å². The van der Waals surface area contributed by atoms with Crippen LogP contribution in [0, 0.1) is 11.6 Å². The first-order chi connectivity index (χ1) is 8.24. The first-order valence-corrected chi connectivity index (χ1v) is 5.56. The third kappa shape index (κ3) is 1.78. The average molecular weight is 231 g/mol. The van der Waals surface area contributed by atoms with Crippen molar-refractivity contribution in [2.45, 2.75) is 6.42 Å². The number of nitrogens with one attached hydrogen (secondary N) is 1. The Bertz CT molecular complexity index is 578. The Morgan fingerprint density at radius 1 is 1.00 bits per heavy atom. The Morgan fingerprint density at radius 3 is 2.71 bits per heavy atom. The molecule has 17 heavy (non-hydrogen) atoms. The van der Waals surface area contributed by atoms with Crippen molar-refractivity contribution in [3.8, 4) is 11.1 Å². The fraction of sp³-hybridized carbons (Fsp3) is 0.143. The maximum Gasteiger partial charge on any atom is 0.133 e. The van der Waals surface area contributed by atoms with Crippen molar-refractivity contribution < 1.29 is 8.78 Å². The fourth-order valence-corrected chi connectivity index (χ4v) is 2.18. The molecule has 0 saturated carbocycles. The van der Waals surface area contributed by atoms with Crippen molar-refractivity contribution in [1.29, 1.82) is 0 Å². The summed E-state index contributed by atoms with van der Waals surface area (Å²) in [5, 5.41) is 3.24. The van der Waals surface area contributed by atoms with Crippen molar-refractivity contribution >= 4 is 5.69 Å². The number of halogens is 2. The highest BCUT2D eigenvalue weighted by molar-refractivity contribution is 5.71. The van der Waals surface area contributed by atoms with Crippen molar-refractivity contribution in [2.24, 2.45) is 0 Å². The van der Waals surface area contributed by atoms with E-state index in [1.807, 2.05) is 18.2 Å². The molecule has 1 nitrogen and oxygen atoms in total. The van der Waals surface area contributed by atoms with E-state index in [1.54, 1.807) is 0 Å². The van der Waals surface area contributed by atoms with Crippen LogP contribution in [0.3, 0.4) is 0 Å². The van der Waals surface area contributed by atoms with E-state index >= 15 is 0 Å². The highest BCUT2D eigenvalue weighted by Gasteiger charge is 2.12. The van der Waals surface area contributed by atoms with Crippen molar-refractivity contribution in [2.75, 3.05) is 11.9 Å². The molecule has 3 rings (SSSR count). The van der Waals surface area contributed by atoms with Crippen LogP contribution in [0.5, 0.6) is 0 Å². The SMILES string of the molecule is Fc1ccc(-c2ccc3c(c2)NCC3)c(F)c1. The Morgan fingerprint density at radius 2 is 1.88 bits per heavy atom. The van der Waals surface area contributed by atoms with E-state index in [-0.39, 0.29) is 0 Å². The number of rotatable bonds is 1. The lowest BCUT2D eigenvalue weighted by atomic mass is 10.0. The second-order valence-corrected chi connectivity index (χ2v) is 4.17. The first kappa shape index (κ1) is 10.3. The Hall–Kier alpha value is -1.90. The Kier molecular flexibility index (Phi) is 2.32. The second-order valence-electron chi connectivity index (χ2n) is 4.17. The van der Waals surface area contributed by atoms with E-state index in [4.69, 9.17) is 0 Å². The van der Waals surface area contributed by atoms with E-state index in [0.717, 1.165) is 30.3 Å². The molecular formula is C14H11F2N. The molecule has 0 spiro atoms. The van der Waals surface area contributed by atoms with Gasteiger partial charge in [0.2, 0.25) is 0 Å². The minimum absolute atomic E-state index is 0.433. The Balaban J connectivity index is 2.09. The summed E-state index contributed by atoms with van der Waals surface area (Å²) in [5.41, 5.74) is 3.50. The summed E-state index contributed by atoms with van der Waals surface area (Å²) in [6.07, 6.45) is 1.00. The van der Waals surface area contributed by atoms with Crippen molar-refractivity contribution in [1.82, 2.24) is 0 Å². The summed E-state index contributed by atoms with van der Waals surface area (Å²) >= 11 is 0. The van der Waals surface area contributed by atoms with Gasteiger partial charge in [-0.25, -0.2) is 8.78 Å². The molecule has 0 radical (unpaired) electrons. The molecular weight excluding hydrogens is 220 g/mol. The van der Waals surface area contributed by atoms with Crippen LogP contribution in [0.1, 0.15) is 5.56 Å². The van der Waals surface area contributed by atoms with Crippen LogP contribution in [0.25, 0.3) is 11.1 Å². The van der Waals surface area contributed by atoms with Gasteiger partial charge in [0, 0.05) is 23.9 Å². The van der Waals surface area contributed by atoms with Crippen LogP contribution < -0.4 is 5.32 Å². The topological polar surface area (TPSA) is 12.0 Å². The minimum Gasteiger partial charge on any atom is -0.384 e. The quantitative estimate of drug-likeness (QED) is 0.790. The molecule has 0 saturated heterocycles. The zero-order valence-corrected chi connectivity index (χ0v) is 9.13. The largest absolute Gasteiger partial charge is 0.384 e. The van der Waals surface area contributed by atoms with Crippen molar-refractivity contribution in [3.63, 3.8) is 0 Å². The van der Waals surface area contributed by atoms with Crippen LogP contribution in [0.4, 0.5) is 14.5 Å². The zero-order chi connectivity index (χ0) is 11.8. The molecule has 0 aromatic heterocycles. The van der Waals surface area contributed by atoms with Crippen LogP contribution in [-0.4, -0.2) is 6.54 Å². The first-order valence-electron chi connectivity index (χ1n) is 5.56. The van der Waals surface area contributed by atoms with E-state index in [2.05, 4.69) is 5.32 Å². The molecule has 0 amide bonds. The van der Waals surface area contributed by atoms with Gasteiger partial charge in [-0.15, -0.1) is 0 Å². The van der Waals surface area contributed by atoms with E-state index in [1.165, 1.54) is 17.7 Å². The summed E-state index contributed by atoms with van der Waals surface area (Å²) in [5.74, 6) is -1.08. The number of hydrogen-bond donors (Lipinski definition) is 1. The number of benzene rings is 2.